The van der Waals surface area contributed by atoms with Crippen molar-refractivity contribution in [1.82, 2.24) is 5.32 Å². The van der Waals surface area contributed by atoms with Crippen molar-refractivity contribution < 1.29 is 47.5 Å². The highest BCUT2D eigenvalue weighted by Crippen LogP contribution is 2.33. The topological polar surface area (TPSA) is 147 Å². The third-order valence-corrected chi connectivity index (χ3v) is 12.8. The molecule has 0 aromatic heterocycles. The Labute approximate surface area is 361 Å². The number of carbonyl (C=O) groups excluding carboxylic acids is 3. The van der Waals surface area contributed by atoms with Gasteiger partial charge in [-0.3, -0.25) is 18.9 Å². The van der Waals surface area contributed by atoms with Crippen molar-refractivity contribution in [2.75, 3.05) is 13.2 Å². The van der Waals surface area contributed by atoms with Crippen LogP contribution in [0.5, 0.6) is 0 Å². The summed E-state index contributed by atoms with van der Waals surface area (Å²) in [5, 5.41) is 14.0. The van der Waals surface area contributed by atoms with Crippen molar-refractivity contribution in [3.05, 3.63) is 12.2 Å². The quantitative estimate of drug-likeness (QED) is 0.0290. The van der Waals surface area contributed by atoms with Crippen LogP contribution < -0.4 is 5.32 Å². The van der Waals surface area contributed by atoms with Crippen LogP contribution >= 0.6 is 17.9 Å². The number of cyclic esters (lactones) is 2. The number of hydrogen-bond acceptors (Lipinski definition) is 10. The first kappa shape index (κ1) is 53.7. The first-order valence-electron chi connectivity index (χ1n) is 23.8. The zero-order valence-corrected chi connectivity index (χ0v) is 39.0. The van der Waals surface area contributed by atoms with E-state index >= 15 is 0 Å². The molecule has 13 heteroatoms. The molecule has 0 spiro atoms. The van der Waals surface area contributed by atoms with E-state index in [1.54, 1.807) is 6.08 Å². The molecule has 0 aromatic rings. The first-order valence-corrected chi connectivity index (χ1v) is 25.1. The second-order valence-electron chi connectivity index (χ2n) is 16.8. The molecule has 0 aromatic carbocycles. The highest BCUT2D eigenvalue weighted by Gasteiger charge is 2.48. The molecule has 2 bridgehead atoms. The Bertz CT molecular complexity index is 1130. The first-order chi connectivity index (χ1) is 28.8. The van der Waals surface area contributed by atoms with E-state index in [-0.39, 0.29) is 32.0 Å². The van der Waals surface area contributed by atoms with Crippen molar-refractivity contribution in [2.45, 2.75) is 249 Å². The number of nitrogens with one attached hydrogen (secondary N) is 1. The summed E-state index contributed by atoms with van der Waals surface area (Å²) >= 11 is 0. The smallest absolute Gasteiger partial charge is 0.307 e. The second kappa shape index (κ2) is 36.0. The fraction of sp³-hybridized carbons (Fsp3) is 0.891. The zero-order valence-electron chi connectivity index (χ0n) is 37.0. The summed E-state index contributed by atoms with van der Waals surface area (Å²) in [6.07, 6.45) is 31.5. The molecule has 2 rings (SSSR count). The average Bonchev–Trinajstić information content (AvgIpc) is 3.23. The number of unbranched alkanes of at least 4 members (excludes halogenated alkanes) is 25. The SMILES string of the molecule is CCCCCCCCCCCCC/C=C/[C@H]1OC(=O)CCC(=O)OCC2O[C@@H](OC[C@@H]1NC(=O)CCCCCCCCCCCCCCCCC)C(OP)[C@@H](P=O)[C@H]2O. The predicted octanol–water partition coefficient (Wildman–Crippen LogP) is 11.2. The van der Waals surface area contributed by atoms with Crippen molar-refractivity contribution in [2.24, 2.45) is 0 Å². The Kier molecular flexibility index (Phi) is 32.8. The van der Waals surface area contributed by atoms with Gasteiger partial charge < -0.3 is 33.9 Å². The molecule has 2 heterocycles. The fourth-order valence-corrected chi connectivity index (χ4v) is 8.95. The summed E-state index contributed by atoms with van der Waals surface area (Å²) in [7, 11) is 1.71. The third-order valence-electron chi connectivity index (χ3n) is 11.6. The van der Waals surface area contributed by atoms with E-state index in [4.69, 9.17) is 23.5 Å². The van der Waals surface area contributed by atoms with E-state index in [1.807, 2.05) is 6.08 Å². The van der Waals surface area contributed by atoms with Gasteiger partial charge >= 0.3 is 11.9 Å². The summed E-state index contributed by atoms with van der Waals surface area (Å²) in [6.45, 7) is 4.06. The Balaban J connectivity index is 1.97. The molecule has 2 aliphatic heterocycles. The van der Waals surface area contributed by atoms with E-state index in [0.29, 0.717) is 6.42 Å². The van der Waals surface area contributed by atoms with Crippen molar-refractivity contribution in [1.29, 1.82) is 0 Å². The lowest BCUT2D eigenvalue weighted by atomic mass is 10.0. The van der Waals surface area contributed by atoms with Gasteiger partial charge in [0.25, 0.3) is 0 Å². The Morgan fingerprint density at radius 1 is 0.746 bits per heavy atom. The molecule has 8 atom stereocenters. The second-order valence-corrected chi connectivity index (χ2v) is 17.9. The minimum absolute atomic E-state index is 0.119. The number of fused-ring (bicyclic) bond motifs is 2. The molecule has 0 saturated carbocycles. The maximum atomic E-state index is 13.4. The molecule has 11 nitrogen and oxygen atoms in total. The van der Waals surface area contributed by atoms with E-state index in [0.717, 1.165) is 38.5 Å². The summed E-state index contributed by atoms with van der Waals surface area (Å²) in [4.78, 5) is 39.1. The van der Waals surface area contributed by atoms with Crippen molar-refractivity contribution in [3.63, 3.8) is 0 Å². The summed E-state index contributed by atoms with van der Waals surface area (Å²) in [5.74, 6) is -1.44. The maximum Gasteiger partial charge on any atom is 0.307 e. The Morgan fingerprint density at radius 3 is 1.75 bits per heavy atom. The monoisotopic (exact) mass is 872 g/mol. The number of amides is 1. The number of aliphatic hydroxyl groups is 1. The van der Waals surface area contributed by atoms with Crippen LogP contribution in [0.15, 0.2) is 12.2 Å². The van der Waals surface area contributed by atoms with Crippen LogP contribution in [-0.2, 0) is 42.4 Å². The van der Waals surface area contributed by atoms with Gasteiger partial charge in [0.15, 0.2) is 14.8 Å². The number of carbonyl (C=O) groups is 3. The average molecular weight is 872 g/mol. The van der Waals surface area contributed by atoms with Gasteiger partial charge in [-0.25, -0.2) is 0 Å². The third kappa shape index (κ3) is 25.3. The molecule has 1 amide bonds. The molecular formula is C46H83NO10P2. The highest BCUT2D eigenvalue weighted by atomic mass is 31.1. The minimum Gasteiger partial charge on any atom is -0.463 e. The number of hydrogen-bond donors (Lipinski definition) is 2. The number of ether oxygens (including phenoxy) is 4. The largest absolute Gasteiger partial charge is 0.463 e. The molecule has 2 N–H and O–H groups in total. The fourth-order valence-electron chi connectivity index (χ4n) is 7.87. The van der Waals surface area contributed by atoms with Crippen LogP contribution in [0.3, 0.4) is 0 Å². The van der Waals surface area contributed by atoms with Gasteiger partial charge in [-0.1, -0.05) is 174 Å². The van der Waals surface area contributed by atoms with Crippen molar-refractivity contribution >= 4 is 35.8 Å². The summed E-state index contributed by atoms with van der Waals surface area (Å²) in [5.41, 5.74) is -0.930. The maximum absolute atomic E-state index is 13.4. The van der Waals surface area contributed by atoms with Gasteiger partial charge in [0, 0.05) is 15.9 Å². The Morgan fingerprint density at radius 2 is 1.24 bits per heavy atom. The number of rotatable bonds is 32. The van der Waals surface area contributed by atoms with Crippen LogP contribution in [0.1, 0.15) is 206 Å². The van der Waals surface area contributed by atoms with Gasteiger partial charge in [-0.15, -0.1) is 0 Å². The van der Waals surface area contributed by atoms with Gasteiger partial charge in [0.1, 0.15) is 24.9 Å². The molecular weight excluding hydrogens is 788 g/mol. The highest BCUT2D eigenvalue weighted by molar-refractivity contribution is 7.25. The van der Waals surface area contributed by atoms with E-state index < -0.39 is 62.8 Å². The summed E-state index contributed by atoms with van der Waals surface area (Å²) < 4.78 is 41.1. The standard InChI is InChI=1S/C46H83NO10P2/c1-3-5-7-9-11-13-15-17-18-20-22-24-26-28-30-32-40(48)47-37-35-54-46-44(57-58)45(59-52)43(51)39(56-46)36-53-41(49)33-34-42(50)55-38(37)31-29-27-25-23-21-19-16-14-12-10-8-6-4-2/h29,31,37-39,43-46,51H,3-28,30,32-36,58H2,1-2H3,(H,47,48)/b31-29+/t37-,38+,39?,43-,44?,45-,46+/m0/s1. The van der Waals surface area contributed by atoms with Gasteiger partial charge in [-0.2, -0.15) is 0 Å². The lowest BCUT2D eigenvalue weighted by molar-refractivity contribution is -0.265. The molecule has 342 valence electrons. The van der Waals surface area contributed by atoms with Gasteiger partial charge in [-0.05, 0) is 25.3 Å². The lowest BCUT2D eigenvalue weighted by Crippen LogP contribution is -2.58. The van der Waals surface area contributed by atoms with Crippen LogP contribution in [0.4, 0.5) is 0 Å². The molecule has 59 heavy (non-hydrogen) atoms. The molecule has 0 radical (unpaired) electrons. The van der Waals surface area contributed by atoms with E-state index in [9.17, 15) is 24.1 Å². The number of esters is 2. The molecule has 3 unspecified atom stereocenters. The minimum atomic E-state index is -1.28. The van der Waals surface area contributed by atoms with Crippen LogP contribution in [0, 0.1) is 0 Å². The van der Waals surface area contributed by atoms with Gasteiger partial charge in [0.2, 0.25) is 5.91 Å². The Hall–Kier alpha value is -1.48. The lowest BCUT2D eigenvalue weighted by Gasteiger charge is -2.41. The van der Waals surface area contributed by atoms with Crippen LogP contribution in [0.25, 0.3) is 0 Å². The van der Waals surface area contributed by atoms with Crippen molar-refractivity contribution in [3.8, 4) is 0 Å². The zero-order chi connectivity index (χ0) is 42.8. The molecule has 2 saturated heterocycles. The molecule has 2 aliphatic rings. The van der Waals surface area contributed by atoms with Crippen LogP contribution in [-0.4, -0.2) is 78.6 Å². The van der Waals surface area contributed by atoms with Gasteiger partial charge in [0.05, 0.1) is 37.3 Å². The molecule has 0 aliphatic carbocycles. The predicted molar refractivity (Wildman–Crippen MR) is 238 cm³/mol. The molecule has 2 fully saturated rings. The van der Waals surface area contributed by atoms with Crippen LogP contribution in [0.2, 0.25) is 0 Å². The summed E-state index contributed by atoms with van der Waals surface area (Å²) in [6, 6.07) is -0.784. The number of allylic oxidation sites excluding steroid dienone is 1. The van der Waals surface area contributed by atoms with E-state index in [1.165, 1.54) is 135 Å². The normalized spacial score (nSPS) is 24.5. The van der Waals surface area contributed by atoms with E-state index in [2.05, 4.69) is 28.6 Å². The number of aliphatic hydroxyl groups excluding tert-OH is 1.